The van der Waals surface area contributed by atoms with Gasteiger partial charge in [-0.25, -0.2) is 9.59 Å². The lowest BCUT2D eigenvalue weighted by molar-refractivity contribution is 0.0545. The Bertz CT molecular complexity index is 388. The van der Waals surface area contributed by atoms with Crippen LogP contribution in [0.3, 0.4) is 0 Å². The number of rotatable bonds is 4. The fourth-order valence-corrected chi connectivity index (χ4v) is 1.36. The van der Waals surface area contributed by atoms with Crippen molar-refractivity contribution in [3.63, 3.8) is 0 Å². The van der Waals surface area contributed by atoms with Gasteiger partial charge in [0.2, 0.25) is 5.96 Å². The normalized spacial score (nSPS) is 11.4. The van der Waals surface area contributed by atoms with E-state index in [1.165, 1.54) is 0 Å². The lowest BCUT2D eigenvalue weighted by Crippen LogP contribution is -2.47. The average Bonchev–Trinajstić information content (AvgIpc) is 2.29. The molecule has 0 rings (SSSR count). The van der Waals surface area contributed by atoms with E-state index < -0.39 is 23.4 Å². The number of ether oxygens (including phenoxy) is 2. The molecule has 0 bridgehead atoms. The van der Waals surface area contributed by atoms with E-state index in [-0.39, 0.29) is 5.96 Å². The standard InChI is InChI=1S/C16H29N3O4/c1-8-9-10-11-17-12(18-13(20)22-15(2,3)4)19-14(21)23-16(5,6)7/h1H,8-11H2,2-7H3,(H2,17,18,19,20,21). The highest BCUT2D eigenvalue weighted by Gasteiger charge is 2.21. The second-order valence-electron chi connectivity index (χ2n) is 6.98. The molecule has 2 radical (unpaired) electrons. The van der Waals surface area contributed by atoms with Crippen molar-refractivity contribution in [2.75, 3.05) is 6.54 Å². The molecule has 0 aromatic heterocycles. The number of carbonyl (C=O) groups is 2. The minimum atomic E-state index is -0.703. The molecule has 2 N–H and O–H groups in total. The molecule has 0 spiro atoms. The van der Waals surface area contributed by atoms with Crippen LogP contribution in [0.25, 0.3) is 0 Å². The van der Waals surface area contributed by atoms with E-state index in [4.69, 9.17) is 16.4 Å². The number of amides is 2. The van der Waals surface area contributed by atoms with Gasteiger partial charge in [0, 0.05) is 6.54 Å². The molecule has 2 amide bonds. The maximum absolute atomic E-state index is 11.8. The molecule has 7 nitrogen and oxygen atoms in total. The first-order chi connectivity index (χ1) is 10.4. The average molecular weight is 327 g/mol. The Kier molecular flexibility index (Phi) is 8.64. The van der Waals surface area contributed by atoms with Gasteiger partial charge >= 0.3 is 12.2 Å². The lowest BCUT2D eigenvalue weighted by Gasteiger charge is -2.22. The van der Waals surface area contributed by atoms with E-state index in [0.29, 0.717) is 13.0 Å². The predicted octanol–water partition coefficient (Wildman–Crippen LogP) is 3.27. The third-order valence-electron chi connectivity index (χ3n) is 2.12. The zero-order chi connectivity index (χ0) is 18.1. The van der Waals surface area contributed by atoms with Crippen LogP contribution in [0.2, 0.25) is 0 Å². The molecule has 0 aliphatic carbocycles. The van der Waals surface area contributed by atoms with Gasteiger partial charge in [-0.1, -0.05) is 6.42 Å². The summed E-state index contributed by atoms with van der Waals surface area (Å²) in [5, 5.41) is 4.83. The topological polar surface area (TPSA) is 89.0 Å². The van der Waals surface area contributed by atoms with E-state index >= 15 is 0 Å². The van der Waals surface area contributed by atoms with Crippen molar-refractivity contribution in [3.05, 3.63) is 6.92 Å². The first-order valence-corrected chi connectivity index (χ1v) is 7.67. The summed E-state index contributed by atoms with van der Waals surface area (Å²) in [6.45, 7) is 16.3. The van der Waals surface area contributed by atoms with Crippen LogP contribution >= 0.6 is 0 Å². The minimum Gasteiger partial charge on any atom is -0.444 e. The van der Waals surface area contributed by atoms with Crippen molar-refractivity contribution in [1.29, 1.82) is 0 Å². The Morgan fingerprint density at radius 3 is 1.70 bits per heavy atom. The van der Waals surface area contributed by atoms with Crippen LogP contribution in [0, 0.1) is 6.92 Å². The molecule has 0 aliphatic rings. The fraction of sp³-hybridized carbons (Fsp3) is 0.750. The Morgan fingerprint density at radius 2 is 1.35 bits per heavy atom. The first kappa shape index (κ1) is 21.2. The van der Waals surface area contributed by atoms with Crippen molar-refractivity contribution in [3.8, 4) is 0 Å². The molecule has 0 atom stereocenters. The number of nitrogens with zero attached hydrogens (tertiary/aromatic N) is 1. The van der Waals surface area contributed by atoms with Crippen molar-refractivity contribution in [2.45, 2.75) is 72.0 Å². The van der Waals surface area contributed by atoms with Gasteiger partial charge in [0.05, 0.1) is 0 Å². The highest BCUT2D eigenvalue weighted by molar-refractivity contribution is 6.01. The maximum Gasteiger partial charge on any atom is 0.414 e. The summed E-state index contributed by atoms with van der Waals surface area (Å²) in [6.07, 6.45) is 0.697. The highest BCUT2D eigenvalue weighted by atomic mass is 16.6. The molecule has 0 aromatic carbocycles. The minimum absolute atomic E-state index is 0.00878. The van der Waals surface area contributed by atoms with Crippen molar-refractivity contribution >= 4 is 18.1 Å². The molecule has 0 heterocycles. The number of aliphatic imine (C=N–C) groups is 1. The number of unbranched alkanes of at least 4 members (excludes halogenated alkanes) is 2. The first-order valence-electron chi connectivity index (χ1n) is 7.67. The second kappa shape index (κ2) is 9.37. The number of carbonyl (C=O) groups excluding carboxylic acids is 2. The molecule has 7 heteroatoms. The van der Waals surface area contributed by atoms with Crippen LogP contribution in [0.5, 0.6) is 0 Å². The molecular weight excluding hydrogens is 298 g/mol. The molecular formula is C16H29N3O4. The second-order valence-corrected chi connectivity index (χ2v) is 6.98. The quantitative estimate of drug-likeness (QED) is 0.471. The zero-order valence-corrected chi connectivity index (χ0v) is 15.0. The molecule has 0 saturated heterocycles. The van der Waals surface area contributed by atoms with Crippen molar-refractivity contribution in [2.24, 2.45) is 4.99 Å². The number of alkyl carbamates (subject to hydrolysis) is 2. The molecule has 0 saturated carbocycles. The summed E-state index contributed by atoms with van der Waals surface area (Å²) in [7, 11) is 0. The Balaban J connectivity index is 4.74. The van der Waals surface area contributed by atoms with Gasteiger partial charge in [0.25, 0.3) is 0 Å². The Morgan fingerprint density at radius 1 is 0.913 bits per heavy atom. The van der Waals surface area contributed by atoms with Gasteiger partial charge in [0.1, 0.15) is 11.2 Å². The summed E-state index contributed by atoms with van der Waals surface area (Å²) in [5.41, 5.74) is -1.30. The van der Waals surface area contributed by atoms with Crippen molar-refractivity contribution in [1.82, 2.24) is 10.6 Å². The molecule has 0 aliphatic heterocycles. The van der Waals surface area contributed by atoms with Crippen LogP contribution in [0.1, 0.15) is 60.8 Å². The molecule has 0 aromatic rings. The van der Waals surface area contributed by atoms with Gasteiger partial charge in [-0.05, 0) is 61.3 Å². The molecule has 0 unspecified atom stereocenters. The maximum atomic E-state index is 11.8. The number of hydrogen-bond donors (Lipinski definition) is 2. The van der Waals surface area contributed by atoms with E-state index in [1.54, 1.807) is 41.5 Å². The summed E-state index contributed by atoms with van der Waals surface area (Å²) in [6, 6.07) is 0. The monoisotopic (exact) mass is 327 g/mol. The van der Waals surface area contributed by atoms with Crippen LogP contribution in [0.4, 0.5) is 9.59 Å². The van der Waals surface area contributed by atoms with Crippen LogP contribution in [-0.4, -0.2) is 35.9 Å². The van der Waals surface area contributed by atoms with Crippen molar-refractivity contribution < 1.29 is 19.1 Å². The Hall–Kier alpha value is -1.79. The number of hydrogen-bond acceptors (Lipinski definition) is 5. The van der Waals surface area contributed by atoms with Crippen LogP contribution in [0.15, 0.2) is 4.99 Å². The van der Waals surface area contributed by atoms with Gasteiger partial charge in [-0.3, -0.25) is 15.6 Å². The summed E-state index contributed by atoms with van der Waals surface area (Å²) in [4.78, 5) is 27.7. The van der Waals surface area contributed by atoms with E-state index in [1.807, 2.05) is 0 Å². The van der Waals surface area contributed by atoms with Crippen LogP contribution in [-0.2, 0) is 9.47 Å². The van der Waals surface area contributed by atoms with Crippen LogP contribution < -0.4 is 10.6 Å². The molecule has 23 heavy (non-hydrogen) atoms. The summed E-state index contributed by atoms with van der Waals surface area (Å²) < 4.78 is 10.3. The fourth-order valence-electron chi connectivity index (χ4n) is 1.36. The highest BCUT2D eigenvalue weighted by Crippen LogP contribution is 2.07. The van der Waals surface area contributed by atoms with Gasteiger partial charge in [-0.15, -0.1) is 0 Å². The predicted molar refractivity (Wildman–Crippen MR) is 89.2 cm³/mol. The molecule has 132 valence electrons. The SMILES string of the molecule is [CH]CCCCN=C(NC(=O)OC(C)(C)C)NC(=O)OC(C)(C)C. The molecule has 0 fully saturated rings. The Labute approximate surface area is 139 Å². The van der Waals surface area contributed by atoms with Gasteiger partial charge in [-0.2, -0.15) is 0 Å². The third kappa shape index (κ3) is 13.6. The van der Waals surface area contributed by atoms with E-state index in [2.05, 4.69) is 15.6 Å². The zero-order valence-electron chi connectivity index (χ0n) is 15.0. The largest absolute Gasteiger partial charge is 0.444 e. The van der Waals surface area contributed by atoms with E-state index in [9.17, 15) is 9.59 Å². The third-order valence-corrected chi connectivity index (χ3v) is 2.12. The number of guanidine groups is 1. The van der Waals surface area contributed by atoms with Gasteiger partial charge in [0.15, 0.2) is 0 Å². The van der Waals surface area contributed by atoms with E-state index in [0.717, 1.165) is 12.8 Å². The van der Waals surface area contributed by atoms with Gasteiger partial charge < -0.3 is 9.47 Å². The lowest BCUT2D eigenvalue weighted by atomic mass is 10.2. The number of nitrogens with one attached hydrogen (secondary N) is 2. The smallest absolute Gasteiger partial charge is 0.414 e. The summed E-state index contributed by atoms with van der Waals surface area (Å²) in [5.74, 6) is -0.00878. The summed E-state index contributed by atoms with van der Waals surface area (Å²) >= 11 is 0.